The van der Waals surface area contributed by atoms with Crippen molar-refractivity contribution in [1.29, 1.82) is 0 Å². The number of nitrogens with zero attached hydrogens (tertiary/aromatic N) is 1. The van der Waals surface area contributed by atoms with E-state index in [9.17, 15) is 4.79 Å². The van der Waals surface area contributed by atoms with E-state index >= 15 is 0 Å². The molecule has 5 heteroatoms. The van der Waals surface area contributed by atoms with Gasteiger partial charge in [-0.15, -0.1) is 0 Å². The van der Waals surface area contributed by atoms with Crippen molar-refractivity contribution in [1.82, 2.24) is 10.5 Å². The third kappa shape index (κ3) is 6.30. The van der Waals surface area contributed by atoms with Gasteiger partial charge < -0.3 is 9.84 Å². The number of rotatable bonds is 4. The molecule has 0 bridgehead atoms. The Morgan fingerprint density at radius 1 is 0.923 bits per heavy atom. The molecule has 0 spiro atoms. The Kier molecular flexibility index (Phi) is 8.93. The molecule has 1 heterocycles. The van der Waals surface area contributed by atoms with E-state index in [2.05, 4.69) is 10.5 Å². The maximum absolute atomic E-state index is 11.8. The Hall–Kier alpha value is -1.58. The average Bonchev–Trinajstić information content (AvgIpc) is 3.45. The molecule has 4 nitrogen and oxygen atoms in total. The summed E-state index contributed by atoms with van der Waals surface area (Å²) in [5.74, 6) is 1.16. The number of aromatic nitrogens is 1. The largest absolute Gasteiger partial charge is 3.00 e. The number of amides is 1. The van der Waals surface area contributed by atoms with Crippen molar-refractivity contribution in [2.75, 3.05) is 0 Å². The Bertz CT molecular complexity index is 639. The van der Waals surface area contributed by atoms with Gasteiger partial charge in [0.15, 0.2) is 5.76 Å². The van der Waals surface area contributed by atoms with Crippen molar-refractivity contribution in [3.63, 3.8) is 0 Å². The number of benzene rings is 1. The molecule has 11 radical (unpaired) electrons. The van der Waals surface area contributed by atoms with Crippen LogP contribution in [0.5, 0.6) is 0 Å². The van der Waals surface area contributed by atoms with E-state index in [-0.39, 0.29) is 23.0 Å². The second kappa shape index (κ2) is 11.2. The molecule has 26 heavy (non-hydrogen) atoms. The minimum atomic E-state index is -0.118. The molecule has 0 saturated heterocycles. The zero-order chi connectivity index (χ0) is 17.3. The van der Waals surface area contributed by atoms with Crippen LogP contribution in [0.4, 0.5) is 0 Å². The van der Waals surface area contributed by atoms with Crippen LogP contribution < -0.4 is 5.32 Å². The first-order valence-electron chi connectivity index (χ1n) is 8.00. The maximum atomic E-state index is 11.8. The molecule has 4 rings (SSSR count). The van der Waals surface area contributed by atoms with Crippen molar-refractivity contribution in [2.45, 2.75) is 6.54 Å². The summed E-state index contributed by atoms with van der Waals surface area (Å²) < 4.78 is 5.22. The van der Waals surface area contributed by atoms with E-state index in [1.54, 1.807) is 12.8 Å². The van der Waals surface area contributed by atoms with Crippen molar-refractivity contribution >= 4 is 5.91 Å². The van der Waals surface area contributed by atoms with E-state index in [0.717, 1.165) is 11.3 Å². The molecule has 2 saturated carbocycles. The van der Waals surface area contributed by atoms with Gasteiger partial charge in [-0.1, -0.05) is 35.5 Å². The van der Waals surface area contributed by atoms with Crippen LogP contribution in [0.3, 0.4) is 0 Å². The van der Waals surface area contributed by atoms with Crippen LogP contribution in [0.25, 0.3) is 11.3 Å². The van der Waals surface area contributed by atoms with Gasteiger partial charge in [0.25, 0.3) is 0 Å². The minimum absolute atomic E-state index is 0. The summed E-state index contributed by atoms with van der Waals surface area (Å²) in [4.78, 5) is 11.8. The molecular formula is C21H18FeN2O2+3. The Morgan fingerprint density at radius 3 is 2.15 bits per heavy atom. The second-order valence-corrected chi connectivity index (χ2v) is 5.36. The summed E-state index contributed by atoms with van der Waals surface area (Å²) >= 11 is 0. The summed E-state index contributed by atoms with van der Waals surface area (Å²) in [6.07, 6.45) is 17.2. The molecule has 2 aliphatic rings. The molecule has 1 aromatic heterocycles. The Morgan fingerprint density at radius 2 is 1.54 bits per heavy atom. The van der Waals surface area contributed by atoms with E-state index in [0.29, 0.717) is 18.2 Å². The first-order chi connectivity index (χ1) is 12.3. The zero-order valence-electron chi connectivity index (χ0n) is 14.0. The maximum Gasteiger partial charge on any atom is 3.00 e. The van der Waals surface area contributed by atoms with Gasteiger partial charge in [0.05, 0.1) is 12.5 Å². The zero-order valence-corrected chi connectivity index (χ0v) is 15.1. The van der Waals surface area contributed by atoms with Crippen LogP contribution in [0.15, 0.2) is 40.9 Å². The fraction of sp³-hybridized carbons (Fsp3) is 0.0476. The monoisotopic (exact) mass is 386 g/mol. The van der Waals surface area contributed by atoms with Crippen LogP contribution in [-0.2, 0) is 28.4 Å². The number of carbonyl (C=O) groups excluding carboxylic acids is 1. The van der Waals surface area contributed by atoms with Gasteiger partial charge in [-0.25, -0.2) is 0 Å². The molecule has 2 fully saturated rings. The third-order valence-electron chi connectivity index (χ3n) is 3.53. The van der Waals surface area contributed by atoms with Crippen molar-refractivity contribution < 1.29 is 26.4 Å². The summed E-state index contributed by atoms with van der Waals surface area (Å²) in [7, 11) is 0. The number of carbonyl (C=O) groups is 1. The first kappa shape index (κ1) is 20.7. The molecule has 1 amide bonds. The molecule has 1 aromatic carbocycles. The van der Waals surface area contributed by atoms with Crippen LogP contribution in [0.1, 0.15) is 5.76 Å². The normalized spacial score (nSPS) is 16.5. The summed E-state index contributed by atoms with van der Waals surface area (Å²) in [6, 6.07) is 11.6. The van der Waals surface area contributed by atoms with Crippen LogP contribution in [-0.4, -0.2) is 11.1 Å². The van der Waals surface area contributed by atoms with Gasteiger partial charge in [0, 0.05) is 11.6 Å². The van der Waals surface area contributed by atoms with Gasteiger partial charge >= 0.3 is 17.1 Å². The summed E-state index contributed by atoms with van der Waals surface area (Å²) in [5.41, 5.74) is 1.76. The minimum Gasteiger partial charge on any atom is -0.359 e. The molecule has 0 unspecified atom stereocenters. The van der Waals surface area contributed by atoms with Gasteiger partial charge in [0.1, 0.15) is 5.69 Å². The smallest absolute Gasteiger partial charge is 0.359 e. The van der Waals surface area contributed by atoms with Crippen LogP contribution >= 0.6 is 0 Å². The molecule has 2 aliphatic carbocycles. The van der Waals surface area contributed by atoms with Gasteiger partial charge in [-0.2, -0.15) is 0 Å². The van der Waals surface area contributed by atoms with E-state index in [1.807, 2.05) is 81.3 Å². The average molecular weight is 386 g/mol. The predicted molar refractivity (Wildman–Crippen MR) is 95.7 cm³/mol. The van der Waals surface area contributed by atoms with E-state index in [4.69, 9.17) is 4.52 Å². The third-order valence-corrected chi connectivity index (χ3v) is 3.53. The van der Waals surface area contributed by atoms with Crippen molar-refractivity contribution in [3.8, 4) is 11.3 Å². The fourth-order valence-electron chi connectivity index (χ4n) is 2.26. The van der Waals surface area contributed by atoms with Crippen molar-refractivity contribution in [3.05, 3.63) is 106 Å². The van der Waals surface area contributed by atoms with Gasteiger partial charge in [0.2, 0.25) is 5.91 Å². The summed E-state index contributed by atoms with van der Waals surface area (Å²) in [6.45, 7) is 0.323. The van der Waals surface area contributed by atoms with Gasteiger partial charge in [-0.05, 0) is 57.8 Å². The fourth-order valence-corrected chi connectivity index (χ4v) is 2.26. The molecule has 0 aliphatic heterocycles. The molecular weight excluding hydrogens is 368 g/mol. The first-order valence-corrected chi connectivity index (χ1v) is 8.00. The van der Waals surface area contributed by atoms with Crippen LogP contribution in [0.2, 0.25) is 0 Å². The van der Waals surface area contributed by atoms with Crippen molar-refractivity contribution in [2.24, 2.45) is 0 Å². The quantitative estimate of drug-likeness (QED) is 0.820. The number of hydrogen-bond donors (Lipinski definition) is 1. The van der Waals surface area contributed by atoms with Gasteiger partial charge in [-0.3, -0.25) is 4.79 Å². The van der Waals surface area contributed by atoms with Crippen LogP contribution in [0, 0.1) is 63.7 Å². The molecule has 1 N–H and O–H groups in total. The molecule has 0 atom stereocenters. The molecule has 129 valence electrons. The predicted octanol–water partition coefficient (Wildman–Crippen LogP) is 3.38. The SMILES string of the molecule is O=C(NCc1cc(-c2ccccc2)no1)[C]1[CH][CH][CH][CH]1.[CH]1[CH][CH][CH][CH]1.[Fe+3]. The topological polar surface area (TPSA) is 55.1 Å². The van der Waals surface area contributed by atoms with E-state index in [1.165, 1.54) is 0 Å². The van der Waals surface area contributed by atoms with E-state index < -0.39 is 0 Å². The standard InChI is InChI=1S/C16H13N2O2.C5H5.Fe/c19-16(13-8-4-5-9-13)17-11-14-10-15(18-20-14)12-6-2-1-3-7-12;1-2-4-5-3-1;/h1-10H,11H2,(H,17,19);1-5H;/q;;+3. The number of hydrogen-bond acceptors (Lipinski definition) is 3. The second-order valence-electron chi connectivity index (χ2n) is 5.36. The summed E-state index contributed by atoms with van der Waals surface area (Å²) in [5, 5.41) is 6.79. The molecule has 2 aromatic rings. The Labute approximate surface area is 166 Å². The number of nitrogens with one attached hydrogen (secondary N) is 1. The Balaban J connectivity index is 0.000000351.